The van der Waals surface area contributed by atoms with Gasteiger partial charge in [0.1, 0.15) is 11.5 Å². The summed E-state index contributed by atoms with van der Waals surface area (Å²) in [5, 5.41) is 24.4. The Morgan fingerprint density at radius 2 is 1.65 bits per heavy atom. The Labute approximate surface area is 141 Å². The van der Waals surface area contributed by atoms with Crippen molar-refractivity contribution in [1.29, 1.82) is 0 Å². The molecule has 1 heterocycles. The van der Waals surface area contributed by atoms with E-state index in [1.807, 2.05) is 12.1 Å². The molecule has 2 rings (SSSR count). The number of piperidine rings is 1. The molecule has 3 N–H and O–H groups in total. The highest BCUT2D eigenvalue weighted by Crippen LogP contribution is 2.42. The normalized spacial score (nSPS) is 16.7. The minimum atomic E-state index is -0.0185. The van der Waals surface area contributed by atoms with Gasteiger partial charge in [-0.05, 0) is 61.4 Å². The van der Waals surface area contributed by atoms with Crippen LogP contribution >= 0.6 is 0 Å². The molecule has 3 nitrogen and oxygen atoms in total. The Bertz CT molecular complexity index is 481. The van der Waals surface area contributed by atoms with Crippen LogP contribution in [-0.2, 0) is 5.41 Å². The van der Waals surface area contributed by atoms with Crippen molar-refractivity contribution in [1.82, 2.24) is 5.32 Å². The van der Waals surface area contributed by atoms with Gasteiger partial charge < -0.3 is 15.5 Å². The van der Waals surface area contributed by atoms with E-state index >= 15 is 0 Å². The van der Waals surface area contributed by atoms with Crippen molar-refractivity contribution in [3.05, 3.63) is 23.3 Å². The second-order valence-corrected chi connectivity index (χ2v) is 7.65. The Balaban J connectivity index is 2.14. The van der Waals surface area contributed by atoms with Crippen molar-refractivity contribution in [2.24, 2.45) is 0 Å². The zero-order chi connectivity index (χ0) is 16.9. The van der Waals surface area contributed by atoms with E-state index in [2.05, 4.69) is 26.1 Å². The molecule has 0 saturated carbocycles. The summed E-state index contributed by atoms with van der Waals surface area (Å²) in [6.07, 6.45) is 8.00. The van der Waals surface area contributed by atoms with Crippen LogP contribution in [0.5, 0.6) is 11.5 Å². The second-order valence-electron chi connectivity index (χ2n) is 7.65. The predicted molar refractivity (Wildman–Crippen MR) is 96.4 cm³/mol. The Kier molecular flexibility index (Phi) is 6.34. The van der Waals surface area contributed by atoms with Crippen LogP contribution < -0.4 is 5.32 Å². The number of unbranched alkanes of at least 4 members (excludes halogenated alkanes) is 3. The first-order valence-corrected chi connectivity index (χ1v) is 9.22. The first-order valence-electron chi connectivity index (χ1n) is 9.22. The molecule has 0 aliphatic carbocycles. The van der Waals surface area contributed by atoms with Gasteiger partial charge in [-0.1, -0.05) is 46.5 Å². The zero-order valence-corrected chi connectivity index (χ0v) is 15.0. The minimum absolute atomic E-state index is 0.0185. The molecule has 0 aromatic heterocycles. The average Bonchev–Trinajstić information content (AvgIpc) is 2.52. The fourth-order valence-corrected chi connectivity index (χ4v) is 3.68. The van der Waals surface area contributed by atoms with E-state index in [0.717, 1.165) is 43.5 Å². The predicted octanol–water partition coefficient (Wildman–Crippen LogP) is 4.81. The molecule has 0 spiro atoms. The summed E-state index contributed by atoms with van der Waals surface area (Å²) in [6, 6.07) is 3.77. The minimum Gasteiger partial charge on any atom is -0.508 e. The Morgan fingerprint density at radius 3 is 2.22 bits per heavy atom. The smallest absolute Gasteiger partial charge is 0.123 e. The lowest BCUT2D eigenvalue weighted by atomic mass is 9.78. The lowest BCUT2D eigenvalue weighted by molar-refractivity contribution is 0.389. The van der Waals surface area contributed by atoms with Crippen LogP contribution in [0.2, 0.25) is 0 Å². The van der Waals surface area contributed by atoms with Crippen molar-refractivity contribution in [3.8, 4) is 11.5 Å². The highest BCUT2D eigenvalue weighted by atomic mass is 16.3. The molecule has 0 radical (unpaired) electrons. The van der Waals surface area contributed by atoms with Gasteiger partial charge in [0.25, 0.3) is 0 Å². The second kappa shape index (κ2) is 8.05. The highest BCUT2D eigenvalue weighted by Gasteiger charge is 2.26. The molecule has 3 heteroatoms. The van der Waals surface area contributed by atoms with Crippen LogP contribution in [0.1, 0.15) is 82.8 Å². The average molecular weight is 319 g/mol. The van der Waals surface area contributed by atoms with Gasteiger partial charge in [-0.2, -0.15) is 0 Å². The number of rotatable bonds is 7. The van der Waals surface area contributed by atoms with Crippen LogP contribution in [0, 0.1) is 0 Å². The molecule has 0 unspecified atom stereocenters. The summed E-state index contributed by atoms with van der Waals surface area (Å²) in [4.78, 5) is 0. The first-order chi connectivity index (χ1) is 11.0. The molecule has 1 saturated heterocycles. The molecule has 23 heavy (non-hydrogen) atoms. The third-order valence-electron chi connectivity index (χ3n) is 5.32. The first kappa shape index (κ1) is 18.1. The number of phenolic OH excluding ortho intramolecular Hbond substituents is 2. The third kappa shape index (κ3) is 4.63. The molecule has 1 fully saturated rings. The quantitative estimate of drug-likeness (QED) is 0.632. The molecule has 130 valence electrons. The van der Waals surface area contributed by atoms with Crippen molar-refractivity contribution in [3.63, 3.8) is 0 Å². The summed E-state index contributed by atoms with van der Waals surface area (Å²) in [7, 11) is 0. The molecule has 1 aliphatic rings. The number of phenols is 2. The fraction of sp³-hybridized carbons (Fsp3) is 0.700. The number of benzene rings is 1. The topological polar surface area (TPSA) is 52.5 Å². The van der Waals surface area contributed by atoms with E-state index in [0.29, 0.717) is 0 Å². The van der Waals surface area contributed by atoms with Crippen molar-refractivity contribution < 1.29 is 10.2 Å². The van der Waals surface area contributed by atoms with Crippen LogP contribution in [0.25, 0.3) is 0 Å². The van der Waals surface area contributed by atoms with Crippen molar-refractivity contribution in [2.75, 3.05) is 13.1 Å². The standard InChI is InChI=1S/C20H33NO2/c1-4-5-6-7-10-20(2,3)16-13-17(22)19(18(23)14-16)15-8-11-21-12-9-15/h13-15,21-23H,4-12H2,1-3H3. The lowest BCUT2D eigenvalue weighted by Gasteiger charge is -2.29. The Hall–Kier alpha value is -1.22. The number of hydrogen-bond acceptors (Lipinski definition) is 3. The summed E-state index contributed by atoms with van der Waals surface area (Å²) in [5.41, 5.74) is 1.77. The molecule has 1 aliphatic heterocycles. The summed E-state index contributed by atoms with van der Waals surface area (Å²) >= 11 is 0. The van der Waals surface area contributed by atoms with E-state index in [1.54, 1.807) is 0 Å². The van der Waals surface area contributed by atoms with Gasteiger partial charge in [0.05, 0.1) is 0 Å². The van der Waals surface area contributed by atoms with Gasteiger partial charge in [-0.15, -0.1) is 0 Å². The van der Waals surface area contributed by atoms with Crippen LogP contribution in [0.4, 0.5) is 0 Å². The summed E-state index contributed by atoms with van der Waals surface area (Å²) in [6.45, 7) is 8.54. The molecule has 0 bridgehead atoms. The SMILES string of the molecule is CCCCCCC(C)(C)c1cc(O)c(C2CCNCC2)c(O)c1. The van der Waals surface area contributed by atoms with Crippen molar-refractivity contribution >= 4 is 0 Å². The van der Waals surface area contributed by atoms with Crippen LogP contribution in [0.3, 0.4) is 0 Å². The third-order valence-corrected chi connectivity index (χ3v) is 5.32. The van der Waals surface area contributed by atoms with E-state index < -0.39 is 0 Å². The zero-order valence-electron chi connectivity index (χ0n) is 15.0. The van der Waals surface area contributed by atoms with Gasteiger partial charge in [0, 0.05) is 5.56 Å². The monoisotopic (exact) mass is 319 g/mol. The van der Waals surface area contributed by atoms with Gasteiger partial charge in [-0.3, -0.25) is 0 Å². The molecule has 1 aromatic rings. The lowest BCUT2D eigenvalue weighted by Crippen LogP contribution is -2.26. The van der Waals surface area contributed by atoms with E-state index in [-0.39, 0.29) is 22.8 Å². The molecule has 0 atom stereocenters. The van der Waals surface area contributed by atoms with E-state index in [4.69, 9.17) is 0 Å². The maximum absolute atomic E-state index is 10.5. The molecular weight excluding hydrogens is 286 g/mol. The van der Waals surface area contributed by atoms with Gasteiger partial charge >= 0.3 is 0 Å². The molecule has 1 aromatic carbocycles. The van der Waals surface area contributed by atoms with Gasteiger partial charge in [0.2, 0.25) is 0 Å². The molecular formula is C20H33NO2. The van der Waals surface area contributed by atoms with Gasteiger partial charge in [0.15, 0.2) is 0 Å². The van der Waals surface area contributed by atoms with E-state index in [1.165, 1.54) is 25.7 Å². The summed E-state index contributed by atoms with van der Waals surface area (Å²) < 4.78 is 0. The van der Waals surface area contributed by atoms with Crippen molar-refractivity contribution in [2.45, 2.75) is 77.0 Å². The number of nitrogens with one attached hydrogen (secondary N) is 1. The van der Waals surface area contributed by atoms with Crippen LogP contribution in [0.15, 0.2) is 12.1 Å². The fourth-order valence-electron chi connectivity index (χ4n) is 3.68. The highest BCUT2D eigenvalue weighted by molar-refractivity contribution is 5.50. The van der Waals surface area contributed by atoms with Crippen LogP contribution in [-0.4, -0.2) is 23.3 Å². The number of aromatic hydroxyl groups is 2. The van der Waals surface area contributed by atoms with Gasteiger partial charge in [-0.25, -0.2) is 0 Å². The number of hydrogen-bond donors (Lipinski definition) is 3. The Morgan fingerprint density at radius 1 is 1.04 bits per heavy atom. The largest absolute Gasteiger partial charge is 0.508 e. The summed E-state index contributed by atoms with van der Waals surface area (Å²) in [5.74, 6) is 0.806. The maximum atomic E-state index is 10.5. The maximum Gasteiger partial charge on any atom is 0.123 e. The molecule has 0 amide bonds. The van der Waals surface area contributed by atoms with E-state index in [9.17, 15) is 10.2 Å².